The first-order chi connectivity index (χ1) is 8.78. The predicted molar refractivity (Wildman–Crippen MR) is 68.1 cm³/mol. The van der Waals surface area contributed by atoms with Crippen molar-refractivity contribution in [2.45, 2.75) is 12.5 Å². The van der Waals surface area contributed by atoms with E-state index in [1.54, 1.807) is 12.2 Å². The smallest absolute Gasteiger partial charge is 0.315 e. The fraction of sp³-hybridized carbons (Fsp3) is 0.600. The molecule has 0 radical (unpaired) electrons. The lowest BCUT2D eigenvalue weighted by atomic mass is 10.1. The van der Waals surface area contributed by atoms with Crippen LogP contribution in [0.3, 0.4) is 0 Å². The molecule has 0 aromatic rings. The van der Waals surface area contributed by atoms with Gasteiger partial charge in [0.1, 0.15) is 0 Å². The van der Waals surface area contributed by atoms with Gasteiger partial charge in [0.05, 0.1) is 18.2 Å². The topological polar surface area (TPSA) is 125 Å². The lowest BCUT2D eigenvalue weighted by Crippen LogP contribution is -2.43. The maximum Gasteiger partial charge on any atom is 0.315 e. The number of carboxylic acids is 1. The molecule has 1 aliphatic rings. The van der Waals surface area contributed by atoms with Crippen molar-refractivity contribution >= 4 is 22.0 Å². The van der Waals surface area contributed by atoms with E-state index in [1.165, 1.54) is 0 Å². The van der Waals surface area contributed by atoms with Crippen LogP contribution in [0, 0.1) is 5.92 Å². The van der Waals surface area contributed by atoms with Crippen molar-refractivity contribution in [3.63, 3.8) is 0 Å². The van der Waals surface area contributed by atoms with E-state index in [0.717, 1.165) is 6.26 Å². The molecule has 0 saturated carbocycles. The highest BCUT2D eigenvalue weighted by atomic mass is 32.2. The van der Waals surface area contributed by atoms with E-state index in [-0.39, 0.29) is 19.1 Å². The monoisotopic (exact) mass is 291 g/mol. The molecule has 108 valence electrons. The van der Waals surface area contributed by atoms with Gasteiger partial charge in [-0.25, -0.2) is 17.9 Å². The second-order valence-electron chi connectivity index (χ2n) is 4.24. The van der Waals surface area contributed by atoms with E-state index in [1.807, 2.05) is 0 Å². The van der Waals surface area contributed by atoms with E-state index in [9.17, 15) is 18.0 Å². The highest BCUT2D eigenvalue weighted by molar-refractivity contribution is 7.88. The Labute approximate surface area is 111 Å². The third kappa shape index (κ3) is 6.20. The highest BCUT2D eigenvalue weighted by Crippen LogP contribution is 2.17. The summed E-state index contributed by atoms with van der Waals surface area (Å²) in [5.74, 6) is -1.49. The minimum absolute atomic E-state index is 0.102. The number of urea groups is 1. The molecule has 0 aromatic heterocycles. The van der Waals surface area contributed by atoms with Crippen LogP contribution in [0.1, 0.15) is 6.42 Å². The van der Waals surface area contributed by atoms with E-state index in [2.05, 4.69) is 15.4 Å². The van der Waals surface area contributed by atoms with Gasteiger partial charge in [-0.1, -0.05) is 12.2 Å². The number of hydrogen-bond acceptors (Lipinski definition) is 4. The highest BCUT2D eigenvalue weighted by Gasteiger charge is 2.25. The van der Waals surface area contributed by atoms with Gasteiger partial charge in [-0.15, -0.1) is 0 Å². The molecule has 19 heavy (non-hydrogen) atoms. The largest absolute Gasteiger partial charge is 0.481 e. The fourth-order valence-corrected chi connectivity index (χ4v) is 2.09. The molecule has 2 unspecified atom stereocenters. The molecule has 1 rings (SSSR count). The van der Waals surface area contributed by atoms with Crippen LogP contribution in [0.5, 0.6) is 0 Å². The zero-order chi connectivity index (χ0) is 14.5. The van der Waals surface area contributed by atoms with Gasteiger partial charge >= 0.3 is 12.0 Å². The Morgan fingerprint density at radius 1 is 1.32 bits per heavy atom. The molecule has 0 fully saturated rings. The van der Waals surface area contributed by atoms with Gasteiger partial charge in [-0.2, -0.15) is 0 Å². The van der Waals surface area contributed by atoms with Gasteiger partial charge in [0.25, 0.3) is 0 Å². The van der Waals surface area contributed by atoms with E-state index in [0.29, 0.717) is 6.42 Å². The Kier molecular flexibility index (Phi) is 5.31. The minimum Gasteiger partial charge on any atom is -0.481 e. The van der Waals surface area contributed by atoms with Gasteiger partial charge in [0.15, 0.2) is 0 Å². The van der Waals surface area contributed by atoms with Gasteiger partial charge in [0.2, 0.25) is 10.0 Å². The van der Waals surface area contributed by atoms with E-state index in [4.69, 9.17) is 5.11 Å². The second kappa shape index (κ2) is 6.53. The maximum absolute atomic E-state index is 11.4. The van der Waals surface area contributed by atoms with Crippen molar-refractivity contribution in [1.82, 2.24) is 15.4 Å². The lowest BCUT2D eigenvalue weighted by Gasteiger charge is -2.13. The number of rotatable bonds is 6. The molecule has 2 amide bonds. The van der Waals surface area contributed by atoms with Crippen molar-refractivity contribution in [1.29, 1.82) is 0 Å². The molecule has 0 spiro atoms. The summed E-state index contributed by atoms with van der Waals surface area (Å²) in [4.78, 5) is 22.1. The first kappa shape index (κ1) is 15.4. The standard InChI is InChI=1S/C10H17N3O5S/c1-19(17,18)12-5-4-11-10(16)13-8-3-2-7(6-8)9(14)15/h2-3,7-8,12H,4-6H2,1H3,(H,14,15)(H2,11,13,16). The zero-order valence-electron chi connectivity index (χ0n) is 10.4. The Bertz CT molecular complexity index is 474. The molecule has 0 bridgehead atoms. The molecule has 0 heterocycles. The fourth-order valence-electron chi connectivity index (χ4n) is 1.62. The summed E-state index contributed by atoms with van der Waals surface area (Å²) in [6.07, 6.45) is 4.53. The van der Waals surface area contributed by atoms with Crippen LogP contribution in [0.2, 0.25) is 0 Å². The molecule has 8 nitrogen and oxygen atoms in total. The third-order valence-corrected chi connectivity index (χ3v) is 3.22. The molecule has 4 N–H and O–H groups in total. The number of carbonyl (C=O) groups is 2. The van der Waals surface area contributed by atoms with Crippen LogP contribution in [-0.2, 0) is 14.8 Å². The number of amides is 2. The first-order valence-corrected chi connectivity index (χ1v) is 7.57. The lowest BCUT2D eigenvalue weighted by molar-refractivity contribution is -0.140. The molecule has 1 aliphatic carbocycles. The Morgan fingerprint density at radius 3 is 2.53 bits per heavy atom. The normalized spacial score (nSPS) is 22.2. The number of carbonyl (C=O) groups excluding carboxylic acids is 1. The van der Waals surface area contributed by atoms with Crippen molar-refractivity contribution in [3.05, 3.63) is 12.2 Å². The van der Waals surface area contributed by atoms with Crippen molar-refractivity contribution in [2.75, 3.05) is 19.3 Å². The van der Waals surface area contributed by atoms with E-state index >= 15 is 0 Å². The summed E-state index contributed by atoms with van der Waals surface area (Å²) in [5.41, 5.74) is 0. The molecule has 9 heteroatoms. The van der Waals surface area contributed by atoms with Crippen LogP contribution >= 0.6 is 0 Å². The molecular weight excluding hydrogens is 274 g/mol. The predicted octanol–water partition coefficient (Wildman–Crippen LogP) is -1.14. The molecular formula is C10H17N3O5S. The van der Waals surface area contributed by atoms with Gasteiger partial charge in [0, 0.05) is 13.1 Å². The van der Waals surface area contributed by atoms with Crippen molar-refractivity contribution < 1.29 is 23.1 Å². The number of carboxylic acid groups (broad SMARTS) is 1. The van der Waals surface area contributed by atoms with Crippen LogP contribution in [-0.4, -0.2) is 50.9 Å². The zero-order valence-corrected chi connectivity index (χ0v) is 11.2. The van der Waals surface area contributed by atoms with Crippen LogP contribution in [0.25, 0.3) is 0 Å². The van der Waals surface area contributed by atoms with Crippen molar-refractivity contribution in [2.24, 2.45) is 5.92 Å². The molecule has 0 aromatic carbocycles. The summed E-state index contributed by atoms with van der Waals surface area (Å²) in [6, 6.07) is -0.778. The molecule has 0 aliphatic heterocycles. The number of nitrogens with one attached hydrogen (secondary N) is 3. The minimum atomic E-state index is -3.26. The Morgan fingerprint density at radius 2 is 2.00 bits per heavy atom. The molecule has 2 atom stereocenters. The number of hydrogen-bond donors (Lipinski definition) is 4. The van der Waals surface area contributed by atoms with Gasteiger partial charge in [-0.3, -0.25) is 4.79 Å². The summed E-state index contributed by atoms with van der Waals surface area (Å²) in [6.45, 7) is 0.252. The van der Waals surface area contributed by atoms with Crippen LogP contribution in [0.4, 0.5) is 4.79 Å². The Balaban J connectivity index is 2.19. The maximum atomic E-state index is 11.4. The second-order valence-corrected chi connectivity index (χ2v) is 6.07. The van der Waals surface area contributed by atoms with E-state index < -0.39 is 27.9 Å². The number of aliphatic carboxylic acids is 1. The third-order valence-electron chi connectivity index (χ3n) is 2.49. The van der Waals surface area contributed by atoms with Crippen molar-refractivity contribution in [3.8, 4) is 0 Å². The average molecular weight is 291 g/mol. The average Bonchev–Trinajstić information content (AvgIpc) is 2.71. The SMILES string of the molecule is CS(=O)(=O)NCCNC(=O)NC1C=CC(C(=O)O)C1. The summed E-state index contributed by atoms with van der Waals surface area (Å²) >= 11 is 0. The molecule has 0 saturated heterocycles. The summed E-state index contributed by atoms with van der Waals surface area (Å²) in [7, 11) is -3.26. The van der Waals surface area contributed by atoms with Crippen LogP contribution in [0.15, 0.2) is 12.2 Å². The van der Waals surface area contributed by atoms with Gasteiger partial charge < -0.3 is 15.7 Å². The van der Waals surface area contributed by atoms with Crippen LogP contribution < -0.4 is 15.4 Å². The van der Waals surface area contributed by atoms with Gasteiger partial charge in [-0.05, 0) is 6.42 Å². The quantitative estimate of drug-likeness (QED) is 0.364. The summed E-state index contributed by atoms with van der Waals surface area (Å²) < 4.78 is 23.7. The Hall–Kier alpha value is -1.61. The number of sulfonamides is 1. The first-order valence-electron chi connectivity index (χ1n) is 5.68. The summed E-state index contributed by atoms with van der Waals surface area (Å²) in [5, 5.41) is 13.8.